The Kier molecular flexibility index (Phi) is 3.70. The number of hydrogen-bond donors (Lipinski definition) is 2. The van der Waals surface area contributed by atoms with Crippen molar-refractivity contribution in [2.24, 2.45) is 5.73 Å². The second-order valence-corrected chi connectivity index (χ2v) is 3.90. The minimum absolute atomic E-state index is 0.135. The molecule has 0 saturated carbocycles. The van der Waals surface area contributed by atoms with Gasteiger partial charge in [-0.15, -0.1) is 0 Å². The lowest BCUT2D eigenvalue weighted by Gasteiger charge is -2.07. The molecule has 0 unspecified atom stereocenters. The van der Waals surface area contributed by atoms with Gasteiger partial charge in [0.1, 0.15) is 5.69 Å². The summed E-state index contributed by atoms with van der Waals surface area (Å²) in [5.41, 5.74) is 6.44. The molecule has 0 saturated heterocycles. The maximum Gasteiger partial charge on any atom is 0.267 e. The molecule has 1 heterocycles. The van der Waals surface area contributed by atoms with Crippen LogP contribution in [0, 0.1) is 11.6 Å². The van der Waals surface area contributed by atoms with Crippen LogP contribution in [0.2, 0.25) is 0 Å². The van der Waals surface area contributed by atoms with Gasteiger partial charge in [0.15, 0.2) is 11.6 Å². The van der Waals surface area contributed by atoms with E-state index in [0.29, 0.717) is 17.8 Å². The quantitative estimate of drug-likeness (QED) is 0.887. The molecule has 0 spiro atoms. The molecule has 4 nitrogen and oxygen atoms in total. The van der Waals surface area contributed by atoms with E-state index in [2.05, 4.69) is 10.3 Å². The molecule has 2 rings (SSSR count). The fraction of sp³-hybridized carbons (Fsp3) is 0.0769. The van der Waals surface area contributed by atoms with Crippen molar-refractivity contribution in [3.05, 3.63) is 59.4 Å². The molecule has 0 aliphatic carbocycles. The van der Waals surface area contributed by atoms with E-state index < -0.39 is 17.5 Å². The fourth-order valence-corrected chi connectivity index (χ4v) is 1.53. The molecule has 3 N–H and O–H groups in total. The minimum Gasteiger partial charge on any atom is -0.381 e. The number of hydrogen-bond acceptors (Lipinski definition) is 3. The summed E-state index contributed by atoms with van der Waals surface area (Å²) in [4.78, 5) is 14.7. The van der Waals surface area contributed by atoms with Crippen LogP contribution in [0.15, 0.2) is 36.5 Å². The number of carbonyl (C=O) groups excluding carboxylic acids is 1. The minimum atomic E-state index is -0.896. The van der Waals surface area contributed by atoms with Gasteiger partial charge >= 0.3 is 0 Å². The highest BCUT2D eigenvalue weighted by molar-refractivity contribution is 5.91. The summed E-state index contributed by atoms with van der Waals surface area (Å²) in [5, 5.41) is 2.97. The average Bonchev–Trinajstić information content (AvgIpc) is 2.40. The van der Waals surface area contributed by atoms with Crippen LogP contribution < -0.4 is 11.1 Å². The highest BCUT2D eigenvalue weighted by Crippen LogP contribution is 2.12. The van der Waals surface area contributed by atoms with E-state index in [1.807, 2.05) is 0 Å². The molecule has 1 amide bonds. The summed E-state index contributed by atoms with van der Waals surface area (Å²) in [6, 6.07) is 6.78. The fourth-order valence-electron chi connectivity index (χ4n) is 1.53. The summed E-state index contributed by atoms with van der Waals surface area (Å²) in [6.45, 7) is 0.291. The van der Waals surface area contributed by atoms with Crippen molar-refractivity contribution >= 4 is 11.6 Å². The van der Waals surface area contributed by atoms with Crippen molar-refractivity contribution < 1.29 is 13.6 Å². The lowest BCUT2D eigenvalue weighted by Crippen LogP contribution is -2.13. The SMILES string of the molecule is NC(=O)c1cc(NCc2ccc(F)c(F)c2)ccn1. The first-order valence-corrected chi connectivity index (χ1v) is 5.50. The molecule has 2 aromatic rings. The van der Waals surface area contributed by atoms with Crippen LogP contribution in [0.25, 0.3) is 0 Å². The Morgan fingerprint density at radius 1 is 1.21 bits per heavy atom. The van der Waals surface area contributed by atoms with Gasteiger partial charge in [-0.3, -0.25) is 9.78 Å². The molecule has 0 bridgehead atoms. The van der Waals surface area contributed by atoms with Crippen LogP contribution in [0.1, 0.15) is 16.1 Å². The van der Waals surface area contributed by atoms with Crippen molar-refractivity contribution in [1.82, 2.24) is 4.98 Å². The topological polar surface area (TPSA) is 68.0 Å². The Morgan fingerprint density at radius 3 is 2.68 bits per heavy atom. The number of nitrogens with one attached hydrogen (secondary N) is 1. The number of nitrogens with two attached hydrogens (primary N) is 1. The standard InChI is InChI=1S/C13H11F2N3O/c14-10-2-1-8(5-11(10)15)7-18-9-3-4-17-12(6-9)13(16)19/h1-6H,7H2,(H2,16,19)(H,17,18). The monoisotopic (exact) mass is 263 g/mol. The molecule has 1 aromatic carbocycles. The molecule has 19 heavy (non-hydrogen) atoms. The number of rotatable bonds is 4. The number of pyridine rings is 1. The molecular formula is C13H11F2N3O. The van der Waals surface area contributed by atoms with Gasteiger partial charge < -0.3 is 11.1 Å². The van der Waals surface area contributed by atoms with Gasteiger partial charge in [0.2, 0.25) is 0 Å². The van der Waals surface area contributed by atoms with E-state index in [-0.39, 0.29) is 5.69 Å². The van der Waals surface area contributed by atoms with Gasteiger partial charge in [0.05, 0.1) is 0 Å². The molecule has 0 aliphatic heterocycles. The van der Waals surface area contributed by atoms with E-state index in [1.165, 1.54) is 18.3 Å². The summed E-state index contributed by atoms with van der Waals surface area (Å²) in [6.07, 6.45) is 1.44. The van der Waals surface area contributed by atoms with Gasteiger partial charge in [-0.25, -0.2) is 8.78 Å². The smallest absolute Gasteiger partial charge is 0.267 e. The molecular weight excluding hydrogens is 252 g/mol. The van der Waals surface area contributed by atoms with Gasteiger partial charge in [-0.1, -0.05) is 6.07 Å². The van der Waals surface area contributed by atoms with Crippen molar-refractivity contribution in [3.8, 4) is 0 Å². The summed E-state index contributed by atoms with van der Waals surface area (Å²) < 4.78 is 25.7. The number of amides is 1. The van der Waals surface area contributed by atoms with Crippen molar-refractivity contribution in [3.63, 3.8) is 0 Å². The maximum absolute atomic E-state index is 13.0. The Labute approximate surface area is 108 Å². The van der Waals surface area contributed by atoms with Gasteiger partial charge in [-0.05, 0) is 29.8 Å². The Balaban J connectivity index is 2.07. The number of carbonyl (C=O) groups is 1. The van der Waals surface area contributed by atoms with Crippen LogP contribution in [-0.4, -0.2) is 10.9 Å². The second-order valence-electron chi connectivity index (χ2n) is 3.90. The zero-order valence-electron chi connectivity index (χ0n) is 9.86. The average molecular weight is 263 g/mol. The zero-order chi connectivity index (χ0) is 13.8. The number of halogens is 2. The molecule has 6 heteroatoms. The number of primary amides is 1. The second kappa shape index (κ2) is 5.43. The van der Waals surface area contributed by atoms with E-state index in [9.17, 15) is 13.6 Å². The van der Waals surface area contributed by atoms with E-state index in [4.69, 9.17) is 5.73 Å². The van der Waals surface area contributed by atoms with Crippen molar-refractivity contribution in [2.45, 2.75) is 6.54 Å². The Bertz CT molecular complexity index is 617. The summed E-state index contributed by atoms with van der Waals surface area (Å²) in [7, 11) is 0. The number of aromatic nitrogens is 1. The summed E-state index contributed by atoms with van der Waals surface area (Å²) >= 11 is 0. The molecule has 98 valence electrons. The third-order valence-electron chi connectivity index (χ3n) is 2.49. The first-order chi connectivity index (χ1) is 9.06. The molecule has 0 aliphatic rings. The van der Waals surface area contributed by atoms with E-state index in [0.717, 1.165) is 12.1 Å². The van der Waals surface area contributed by atoms with Crippen LogP contribution >= 0.6 is 0 Å². The molecule has 0 radical (unpaired) electrons. The van der Waals surface area contributed by atoms with E-state index in [1.54, 1.807) is 6.07 Å². The van der Waals surface area contributed by atoms with Gasteiger partial charge in [-0.2, -0.15) is 0 Å². The van der Waals surface area contributed by atoms with Crippen molar-refractivity contribution in [1.29, 1.82) is 0 Å². The van der Waals surface area contributed by atoms with Gasteiger partial charge in [0.25, 0.3) is 5.91 Å². The van der Waals surface area contributed by atoms with E-state index >= 15 is 0 Å². The maximum atomic E-state index is 13.0. The Morgan fingerprint density at radius 2 is 2.00 bits per heavy atom. The predicted octanol–water partition coefficient (Wildman–Crippen LogP) is 2.07. The third kappa shape index (κ3) is 3.25. The predicted molar refractivity (Wildman–Crippen MR) is 66.4 cm³/mol. The highest BCUT2D eigenvalue weighted by atomic mass is 19.2. The van der Waals surface area contributed by atoms with Crippen LogP contribution in [0.5, 0.6) is 0 Å². The Hall–Kier alpha value is -2.50. The zero-order valence-corrected chi connectivity index (χ0v) is 9.86. The van der Waals surface area contributed by atoms with Crippen LogP contribution in [-0.2, 0) is 6.54 Å². The lowest BCUT2D eigenvalue weighted by atomic mass is 10.2. The molecule has 0 fully saturated rings. The first-order valence-electron chi connectivity index (χ1n) is 5.50. The molecule has 0 atom stereocenters. The summed E-state index contributed by atoms with van der Waals surface area (Å²) in [5.74, 6) is -2.41. The number of benzene rings is 1. The van der Waals surface area contributed by atoms with Crippen LogP contribution in [0.4, 0.5) is 14.5 Å². The normalized spacial score (nSPS) is 10.2. The first kappa shape index (κ1) is 12.9. The number of nitrogens with zero attached hydrogens (tertiary/aromatic N) is 1. The lowest BCUT2D eigenvalue weighted by molar-refractivity contribution is 0.0995. The van der Waals surface area contributed by atoms with Gasteiger partial charge in [0, 0.05) is 18.4 Å². The largest absolute Gasteiger partial charge is 0.381 e. The third-order valence-corrected chi connectivity index (χ3v) is 2.49. The highest BCUT2D eigenvalue weighted by Gasteiger charge is 2.04. The van der Waals surface area contributed by atoms with Crippen molar-refractivity contribution in [2.75, 3.05) is 5.32 Å². The van der Waals surface area contributed by atoms with Crippen LogP contribution in [0.3, 0.4) is 0 Å². The molecule has 1 aromatic heterocycles. The number of anilines is 1.